The number of hydrogen-bond acceptors (Lipinski definition) is 4. The standard InChI is InChI=1S/C30H36FN3O4S/c1-21(2)18-32-30(36)24(5)33(19-25-10-8-9-23(4)17-25)29(35)20-34(28-12-7-6-11-27(28)31)39(37,38)26-15-13-22(3)14-16-26/h6-17,21,24H,18-20H2,1-5H3,(H,32,36)/t24-/m1/s1. The summed E-state index contributed by atoms with van der Waals surface area (Å²) in [7, 11) is -4.32. The average molecular weight is 554 g/mol. The molecule has 3 rings (SSSR count). The number of hydrogen-bond donors (Lipinski definition) is 1. The Morgan fingerprint density at radius 2 is 1.56 bits per heavy atom. The van der Waals surface area contributed by atoms with Crippen molar-refractivity contribution in [3.63, 3.8) is 0 Å². The van der Waals surface area contributed by atoms with Crippen LogP contribution in [0.1, 0.15) is 37.5 Å². The minimum atomic E-state index is -4.32. The molecule has 3 aromatic rings. The monoisotopic (exact) mass is 553 g/mol. The Kier molecular flexibility index (Phi) is 9.86. The van der Waals surface area contributed by atoms with Crippen molar-refractivity contribution in [2.75, 3.05) is 17.4 Å². The molecule has 0 radical (unpaired) electrons. The highest BCUT2D eigenvalue weighted by Gasteiger charge is 2.33. The van der Waals surface area contributed by atoms with Crippen molar-refractivity contribution in [3.8, 4) is 0 Å². The maximum atomic E-state index is 15.0. The highest BCUT2D eigenvalue weighted by atomic mass is 32.2. The third kappa shape index (κ3) is 7.66. The second-order valence-corrected chi connectivity index (χ2v) is 12.0. The van der Waals surface area contributed by atoms with E-state index in [9.17, 15) is 22.4 Å². The van der Waals surface area contributed by atoms with Crippen LogP contribution in [0, 0.1) is 25.6 Å². The Labute approximate surface area is 230 Å². The molecular formula is C30H36FN3O4S. The van der Waals surface area contributed by atoms with Gasteiger partial charge in [-0.05, 0) is 56.5 Å². The zero-order valence-electron chi connectivity index (χ0n) is 23.0. The summed E-state index contributed by atoms with van der Waals surface area (Å²) in [6, 6.07) is 18.1. The highest BCUT2D eigenvalue weighted by Crippen LogP contribution is 2.27. The molecule has 0 fully saturated rings. The summed E-state index contributed by atoms with van der Waals surface area (Å²) in [6.45, 7) is 9.08. The predicted molar refractivity (Wildman–Crippen MR) is 151 cm³/mol. The van der Waals surface area contributed by atoms with Gasteiger partial charge in [-0.2, -0.15) is 0 Å². The van der Waals surface area contributed by atoms with Gasteiger partial charge in [0.25, 0.3) is 10.0 Å². The second kappa shape index (κ2) is 12.9. The highest BCUT2D eigenvalue weighted by molar-refractivity contribution is 7.92. The second-order valence-electron chi connectivity index (χ2n) is 10.1. The quantitative estimate of drug-likeness (QED) is 0.369. The van der Waals surface area contributed by atoms with Crippen LogP contribution in [0.2, 0.25) is 0 Å². The fraction of sp³-hybridized carbons (Fsp3) is 0.333. The van der Waals surface area contributed by atoms with Crippen LogP contribution in [0.4, 0.5) is 10.1 Å². The number of sulfonamides is 1. The van der Waals surface area contributed by atoms with Crippen molar-refractivity contribution in [2.45, 2.75) is 52.1 Å². The van der Waals surface area contributed by atoms with Gasteiger partial charge in [0, 0.05) is 13.1 Å². The minimum Gasteiger partial charge on any atom is -0.354 e. The molecule has 1 N–H and O–H groups in total. The molecule has 7 nitrogen and oxygen atoms in total. The van der Waals surface area contributed by atoms with Crippen molar-refractivity contribution < 1.29 is 22.4 Å². The Balaban J connectivity index is 2.02. The number of amides is 2. The van der Waals surface area contributed by atoms with E-state index in [2.05, 4.69) is 5.32 Å². The first-order valence-electron chi connectivity index (χ1n) is 12.9. The Bertz CT molecular complexity index is 1410. The summed E-state index contributed by atoms with van der Waals surface area (Å²) in [5.74, 6) is -1.57. The molecule has 0 heterocycles. The number of halogens is 1. The molecular weight excluding hydrogens is 517 g/mol. The van der Waals surface area contributed by atoms with E-state index in [-0.39, 0.29) is 29.0 Å². The molecule has 0 aliphatic rings. The minimum absolute atomic E-state index is 0.0721. The van der Waals surface area contributed by atoms with E-state index in [4.69, 9.17) is 0 Å². The van der Waals surface area contributed by atoms with Crippen LogP contribution in [-0.4, -0.2) is 44.3 Å². The maximum absolute atomic E-state index is 15.0. The summed E-state index contributed by atoms with van der Waals surface area (Å²) in [5.41, 5.74) is 2.37. The van der Waals surface area contributed by atoms with Crippen LogP contribution in [0.25, 0.3) is 0 Å². The number of anilines is 1. The van der Waals surface area contributed by atoms with Gasteiger partial charge in [0.05, 0.1) is 10.6 Å². The van der Waals surface area contributed by atoms with Gasteiger partial charge in [-0.3, -0.25) is 13.9 Å². The van der Waals surface area contributed by atoms with Crippen molar-refractivity contribution in [2.24, 2.45) is 5.92 Å². The number of rotatable bonds is 11. The number of carbonyl (C=O) groups is 2. The number of aryl methyl sites for hydroxylation is 2. The first-order chi connectivity index (χ1) is 18.4. The van der Waals surface area contributed by atoms with Gasteiger partial charge in [0.2, 0.25) is 11.8 Å². The molecule has 0 saturated carbocycles. The third-order valence-corrected chi connectivity index (χ3v) is 8.07. The van der Waals surface area contributed by atoms with E-state index in [1.54, 1.807) is 19.1 Å². The molecule has 2 amide bonds. The molecule has 0 bridgehead atoms. The molecule has 208 valence electrons. The molecule has 39 heavy (non-hydrogen) atoms. The predicted octanol–water partition coefficient (Wildman–Crippen LogP) is 4.83. The number of carbonyl (C=O) groups excluding carboxylic acids is 2. The summed E-state index contributed by atoms with van der Waals surface area (Å²) >= 11 is 0. The van der Waals surface area contributed by atoms with Crippen LogP contribution in [0.3, 0.4) is 0 Å². The molecule has 0 unspecified atom stereocenters. The molecule has 0 aliphatic heterocycles. The van der Waals surface area contributed by atoms with E-state index in [1.807, 2.05) is 52.0 Å². The molecule has 0 spiro atoms. The lowest BCUT2D eigenvalue weighted by Gasteiger charge is -2.32. The van der Waals surface area contributed by atoms with Gasteiger partial charge in [-0.25, -0.2) is 12.8 Å². The first kappa shape index (κ1) is 29.8. The summed E-state index contributed by atoms with van der Waals surface area (Å²) < 4.78 is 43.2. The van der Waals surface area contributed by atoms with Gasteiger partial charge in [-0.1, -0.05) is 73.5 Å². The van der Waals surface area contributed by atoms with Crippen LogP contribution in [0.5, 0.6) is 0 Å². The number of benzene rings is 3. The largest absolute Gasteiger partial charge is 0.354 e. The molecule has 1 atom stereocenters. The van der Waals surface area contributed by atoms with Gasteiger partial charge < -0.3 is 10.2 Å². The summed E-state index contributed by atoms with van der Waals surface area (Å²) in [4.78, 5) is 28.1. The lowest BCUT2D eigenvalue weighted by molar-refractivity contribution is -0.139. The molecule has 0 saturated heterocycles. The lowest BCUT2D eigenvalue weighted by atomic mass is 10.1. The fourth-order valence-corrected chi connectivity index (χ4v) is 5.47. The maximum Gasteiger partial charge on any atom is 0.264 e. The van der Waals surface area contributed by atoms with Crippen LogP contribution in [0.15, 0.2) is 77.7 Å². The average Bonchev–Trinajstić information content (AvgIpc) is 2.89. The van der Waals surface area contributed by atoms with Gasteiger partial charge >= 0.3 is 0 Å². The first-order valence-corrected chi connectivity index (χ1v) is 14.3. The third-order valence-electron chi connectivity index (χ3n) is 6.30. The Hall–Kier alpha value is -3.72. The SMILES string of the molecule is Cc1ccc(S(=O)(=O)N(CC(=O)N(Cc2cccc(C)c2)[C@H](C)C(=O)NCC(C)C)c2ccccc2F)cc1. The summed E-state index contributed by atoms with van der Waals surface area (Å²) in [6.07, 6.45) is 0. The van der Waals surface area contributed by atoms with Crippen LogP contribution in [-0.2, 0) is 26.2 Å². The molecule has 0 aromatic heterocycles. The van der Waals surface area contributed by atoms with Gasteiger partial charge in [0.1, 0.15) is 18.4 Å². The zero-order chi connectivity index (χ0) is 28.7. The van der Waals surface area contributed by atoms with E-state index in [0.717, 1.165) is 27.1 Å². The van der Waals surface area contributed by atoms with Crippen molar-refractivity contribution in [3.05, 3.63) is 95.3 Å². The zero-order valence-corrected chi connectivity index (χ0v) is 23.8. The van der Waals surface area contributed by atoms with E-state index < -0.39 is 34.3 Å². The Morgan fingerprint density at radius 3 is 2.18 bits per heavy atom. The number of para-hydroxylation sites is 1. The van der Waals surface area contributed by atoms with Crippen molar-refractivity contribution >= 4 is 27.5 Å². The smallest absolute Gasteiger partial charge is 0.264 e. The van der Waals surface area contributed by atoms with Crippen LogP contribution >= 0.6 is 0 Å². The van der Waals surface area contributed by atoms with Gasteiger partial charge in [0.15, 0.2) is 0 Å². The van der Waals surface area contributed by atoms with Crippen LogP contribution < -0.4 is 9.62 Å². The van der Waals surface area contributed by atoms with E-state index >= 15 is 0 Å². The Morgan fingerprint density at radius 1 is 0.897 bits per heavy atom. The normalized spacial score (nSPS) is 12.2. The molecule has 3 aromatic carbocycles. The molecule has 0 aliphatic carbocycles. The summed E-state index contributed by atoms with van der Waals surface area (Å²) in [5, 5.41) is 2.85. The molecule has 9 heteroatoms. The van der Waals surface area contributed by atoms with E-state index in [1.165, 1.54) is 35.2 Å². The fourth-order valence-electron chi connectivity index (χ4n) is 4.05. The topological polar surface area (TPSA) is 86.8 Å². The van der Waals surface area contributed by atoms with Crippen molar-refractivity contribution in [1.29, 1.82) is 0 Å². The van der Waals surface area contributed by atoms with E-state index in [0.29, 0.717) is 6.54 Å². The number of nitrogens with one attached hydrogen (secondary N) is 1. The van der Waals surface area contributed by atoms with Crippen molar-refractivity contribution in [1.82, 2.24) is 10.2 Å². The number of nitrogens with zero attached hydrogens (tertiary/aromatic N) is 2. The van der Waals surface area contributed by atoms with Gasteiger partial charge in [-0.15, -0.1) is 0 Å². The lowest BCUT2D eigenvalue weighted by Crippen LogP contribution is -2.51.